The maximum atomic E-state index is 13.1. The first-order chi connectivity index (χ1) is 12.2. The quantitative estimate of drug-likeness (QED) is 0.736. The van der Waals surface area contributed by atoms with Crippen LogP contribution in [-0.4, -0.2) is 22.8 Å². The van der Waals surface area contributed by atoms with Gasteiger partial charge in [-0.3, -0.25) is 9.48 Å². The highest BCUT2D eigenvalue weighted by molar-refractivity contribution is 7.20. The van der Waals surface area contributed by atoms with Crippen molar-refractivity contribution in [1.82, 2.24) is 15.1 Å². The molecule has 0 radical (unpaired) electrons. The largest absolute Gasteiger partial charge is 0.497 e. The van der Waals surface area contributed by atoms with Crippen molar-refractivity contribution in [2.75, 3.05) is 7.11 Å². The van der Waals surface area contributed by atoms with Crippen LogP contribution in [0.25, 0.3) is 10.2 Å². The van der Waals surface area contributed by atoms with Crippen LogP contribution in [0.4, 0.5) is 13.2 Å². The van der Waals surface area contributed by atoms with Gasteiger partial charge in [0, 0.05) is 12.4 Å². The topological polar surface area (TPSA) is 56.1 Å². The van der Waals surface area contributed by atoms with Gasteiger partial charge in [0.05, 0.1) is 18.0 Å². The molecule has 0 fully saturated rings. The number of benzene rings is 1. The van der Waals surface area contributed by atoms with Crippen molar-refractivity contribution in [2.24, 2.45) is 7.05 Å². The molecule has 2 aromatic heterocycles. The predicted octanol–water partition coefficient (Wildman–Crippen LogP) is 4.15. The lowest BCUT2D eigenvalue weighted by Crippen LogP contribution is -2.25. The highest BCUT2D eigenvalue weighted by atomic mass is 32.1. The zero-order valence-corrected chi connectivity index (χ0v) is 15.0. The second-order valence-corrected chi connectivity index (χ2v) is 6.80. The number of nitrogens with zero attached hydrogens (tertiary/aromatic N) is 2. The molecule has 0 spiro atoms. The van der Waals surface area contributed by atoms with E-state index in [1.54, 1.807) is 26.2 Å². The van der Waals surface area contributed by atoms with E-state index >= 15 is 0 Å². The van der Waals surface area contributed by atoms with E-state index in [0.29, 0.717) is 10.6 Å². The monoisotopic (exact) mass is 383 g/mol. The lowest BCUT2D eigenvalue weighted by atomic mass is 10.1. The fraction of sp³-hybridized carbons (Fsp3) is 0.294. The summed E-state index contributed by atoms with van der Waals surface area (Å²) in [5, 5.41) is 6.24. The van der Waals surface area contributed by atoms with Gasteiger partial charge >= 0.3 is 6.18 Å². The molecule has 0 aliphatic rings. The van der Waals surface area contributed by atoms with E-state index in [4.69, 9.17) is 4.74 Å². The first-order valence-electron chi connectivity index (χ1n) is 7.69. The second kappa shape index (κ2) is 6.64. The molecule has 0 aliphatic heterocycles. The van der Waals surface area contributed by atoms with Crippen LogP contribution >= 0.6 is 11.3 Å². The van der Waals surface area contributed by atoms with Crippen molar-refractivity contribution in [2.45, 2.75) is 19.1 Å². The summed E-state index contributed by atoms with van der Waals surface area (Å²) in [5.41, 5.74) is -0.119. The number of ether oxygens (including phenoxy) is 1. The minimum Gasteiger partial charge on any atom is -0.497 e. The van der Waals surface area contributed by atoms with E-state index in [9.17, 15) is 18.0 Å². The number of hydrogen-bond donors (Lipinski definition) is 1. The van der Waals surface area contributed by atoms with Gasteiger partial charge in [-0.15, -0.1) is 11.3 Å². The lowest BCUT2D eigenvalue weighted by Gasteiger charge is -2.14. The van der Waals surface area contributed by atoms with Crippen LogP contribution in [0.1, 0.15) is 33.9 Å². The third-order valence-corrected chi connectivity index (χ3v) is 5.17. The van der Waals surface area contributed by atoms with Crippen LogP contribution in [0, 0.1) is 0 Å². The zero-order chi connectivity index (χ0) is 19.1. The molecule has 5 nitrogen and oxygen atoms in total. The number of thiophene rings is 1. The number of hydrogen-bond acceptors (Lipinski definition) is 4. The predicted molar refractivity (Wildman–Crippen MR) is 92.5 cm³/mol. The summed E-state index contributed by atoms with van der Waals surface area (Å²) in [6.07, 6.45) is -4.56. The van der Waals surface area contributed by atoms with Gasteiger partial charge in [-0.05, 0) is 30.7 Å². The Labute approximate surface area is 151 Å². The van der Waals surface area contributed by atoms with Gasteiger partial charge in [-0.2, -0.15) is 18.3 Å². The maximum Gasteiger partial charge on any atom is 0.435 e. The molecule has 0 aliphatic carbocycles. The van der Waals surface area contributed by atoms with Crippen molar-refractivity contribution in [1.29, 1.82) is 0 Å². The fourth-order valence-corrected chi connectivity index (χ4v) is 3.58. The van der Waals surface area contributed by atoms with Crippen LogP contribution in [0.2, 0.25) is 0 Å². The number of carbonyl (C=O) groups excluding carboxylic acids is 1. The summed E-state index contributed by atoms with van der Waals surface area (Å²) in [6.45, 7) is 1.80. The fourth-order valence-electron chi connectivity index (χ4n) is 2.61. The molecule has 1 atom stereocenters. The van der Waals surface area contributed by atoms with Crippen molar-refractivity contribution < 1.29 is 22.7 Å². The number of fused-ring (bicyclic) bond motifs is 1. The first kappa shape index (κ1) is 18.2. The second-order valence-electron chi connectivity index (χ2n) is 5.77. The number of alkyl halides is 3. The third-order valence-electron chi connectivity index (χ3n) is 3.97. The van der Waals surface area contributed by atoms with E-state index < -0.39 is 17.8 Å². The number of nitrogens with one attached hydrogen (secondary N) is 1. The number of methoxy groups -OCH3 is 1. The average molecular weight is 383 g/mol. The minimum atomic E-state index is -4.56. The standard InChI is InChI=1S/C17H16F3N3O2S/c1-9(10-4-6-11(25-3)7-5-10)21-15(24)13-8-12-14(17(18,19)20)22-23(2)16(12)26-13/h4-9H,1-3H3,(H,21,24). The van der Waals surface area contributed by atoms with E-state index in [0.717, 1.165) is 21.6 Å². The van der Waals surface area contributed by atoms with E-state index in [2.05, 4.69) is 10.4 Å². The van der Waals surface area contributed by atoms with Gasteiger partial charge < -0.3 is 10.1 Å². The molecular formula is C17H16F3N3O2S. The smallest absolute Gasteiger partial charge is 0.435 e. The molecule has 138 valence electrons. The summed E-state index contributed by atoms with van der Waals surface area (Å²) in [5.74, 6) is 0.270. The van der Waals surface area contributed by atoms with Gasteiger partial charge in [0.1, 0.15) is 10.6 Å². The van der Waals surface area contributed by atoms with Crippen LogP contribution in [-0.2, 0) is 13.2 Å². The highest BCUT2D eigenvalue weighted by Crippen LogP contribution is 2.37. The van der Waals surface area contributed by atoms with Crippen molar-refractivity contribution in [3.63, 3.8) is 0 Å². The molecule has 2 heterocycles. The number of amides is 1. The molecule has 26 heavy (non-hydrogen) atoms. The third kappa shape index (κ3) is 3.39. The summed E-state index contributed by atoms with van der Waals surface area (Å²) in [6, 6.07) is 8.13. The molecule has 1 amide bonds. The highest BCUT2D eigenvalue weighted by Gasteiger charge is 2.37. The summed E-state index contributed by atoms with van der Waals surface area (Å²) in [7, 11) is 2.99. The molecule has 1 unspecified atom stereocenters. The molecule has 9 heteroatoms. The van der Waals surface area contributed by atoms with Gasteiger partial charge in [0.2, 0.25) is 0 Å². The summed E-state index contributed by atoms with van der Waals surface area (Å²) < 4.78 is 45.4. The van der Waals surface area contributed by atoms with Gasteiger partial charge in [0.15, 0.2) is 5.69 Å². The Kier molecular flexibility index (Phi) is 4.66. The molecule has 3 rings (SSSR count). The molecule has 0 saturated heterocycles. The Morgan fingerprint density at radius 3 is 2.54 bits per heavy atom. The SMILES string of the molecule is COc1ccc(C(C)NC(=O)c2cc3c(C(F)(F)F)nn(C)c3s2)cc1. The van der Waals surface area contributed by atoms with Gasteiger partial charge in [-0.1, -0.05) is 12.1 Å². The summed E-state index contributed by atoms with van der Waals surface area (Å²) >= 11 is 0.981. The van der Waals surface area contributed by atoms with Crippen LogP contribution < -0.4 is 10.1 Å². The molecular weight excluding hydrogens is 367 g/mol. The molecule has 1 N–H and O–H groups in total. The van der Waals surface area contributed by atoms with Crippen LogP contribution in [0.5, 0.6) is 5.75 Å². The minimum absolute atomic E-state index is 0.0627. The number of rotatable bonds is 4. The molecule has 3 aromatic rings. The Morgan fingerprint density at radius 2 is 1.96 bits per heavy atom. The Morgan fingerprint density at radius 1 is 1.31 bits per heavy atom. The lowest BCUT2D eigenvalue weighted by molar-refractivity contribution is -0.140. The Balaban J connectivity index is 1.83. The van der Waals surface area contributed by atoms with Crippen LogP contribution in [0.3, 0.4) is 0 Å². The number of halogens is 3. The van der Waals surface area contributed by atoms with E-state index in [1.165, 1.54) is 13.1 Å². The van der Waals surface area contributed by atoms with Gasteiger partial charge in [0.25, 0.3) is 5.91 Å². The van der Waals surface area contributed by atoms with E-state index in [1.807, 2.05) is 12.1 Å². The Hall–Kier alpha value is -2.55. The summed E-state index contributed by atoms with van der Waals surface area (Å²) in [4.78, 5) is 13.0. The number of carbonyl (C=O) groups is 1. The first-order valence-corrected chi connectivity index (χ1v) is 8.51. The maximum absolute atomic E-state index is 13.1. The molecule has 0 saturated carbocycles. The van der Waals surface area contributed by atoms with E-state index in [-0.39, 0.29) is 16.3 Å². The van der Waals surface area contributed by atoms with Crippen molar-refractivity contribution >= 4 is 27.5 Å². The number of aromatic nitrogens is 2. The number of aryl methyl sites for hydroxylation is 1. The van der Waals surface area contributed by atoms with Gasteiger partial charge in [-0.25, -0.2) is 0 Å². The van der Waals surface area contributed by atoms with Crippen molar-refractivity contribution in [3.8, 4) is 5.75 Å². The van der Waals surface area contributed by atoms with Crippen molar-refractivity contribution in [3.05, 3.63) is 46.5 Å². The van der Waals surface area contributed by atoms with Crippen LogP contribution in [0.15, 0.2) is 30.3 Å². The normalized spacial score (nSPS) is 13.0. The Bertz CT molecular complexity index is 945. The average Bonchev–Trinajstić information content (AvgIpc) is 3.15. The molecule has 0 bridgehead atoms. The zero-order valence-electron chi connectivity index (χ0n) is 14.2. The molecule has 1 aromatic carbocycles.